The Morgan fingerprint density at radius 2 is 2.22 bits per heavy atom. The van der Waals surface area contributed by atoms with Crippen LogP contribution in [0, 0.1) is 6.92 Å². The number of fused-ring (bicyclic) bond motifs is 2. The molecule has 0 unspecified atom stereocenters. The summed E-state index contributed by atoms with van der Waals surface area (Å²) < 4.78 is 1.60. The van der Waals surface area contributed by atoms with Crippen LogP contribution in [-0.4, -0.2) is 21.7 Å². The zero-order valence-electron chi connectivity index (χ0n) is 12.9. The van der Waals surface area contributed by atoms with E-state index in [0.29, 0.717) is 6.54 Å². The second-order valence-electron chi connectivity index (χ2n) is 5.74. The van der Waals surface area contributed by atoms with Gasteiger partial charge in [0, 0.05) is 29.1 Å². The van der Waals surface area contributed by atoms with Crippen LogP contribution in [0.25, 0.3) is 4.96 Å². The van der Waals surface area contributed by atoms with Gasteiger partial charge in [-0.2, -0.15) is 0 Å². The first-order chi connectivity index (χ1) is 11.2. The third-order valence-corrected chi connectivity index (χ3v) is 5.88. The summed E-state index contributed by atoms with van der Waals surface area (Å²) in [4.78, 5) is 21.3. The highest BCUT2D eigenvalue weighted by Crippen LogP contribution is 2.35. The number of nitrogens with zero attached hydrogens (tertiary/aromatic N) is 3. The lowest BCUT2D eigenvalue weighted by molar-refractivity contribution is 0.756. The molecule has 0 saturated heterocycles. The number of anilines is 1. The minimum Gasteiger partial charge on any atom is -0.365 e. The van der Waals surface area contributed by atoms with E-state index in [1.54, 1.807) is 16.7 Å². The molecule has 6 heteroatoms. The summed E-state index contributed by atoms with van der Waals surface area (Å²) in [7, 11) is 0. The highest BCUT2D eigenvalue weighted by Gasteiger charge is 2.17. The summed E-state index contributed by atoms with van der Waals surface area (Å²) in [5.41, 5.74) is 3.39. The standard InChI is InChI=1S/C17H17N3OS2/c1-12-3-4-14-15(9-12)22-7-2-5-19(14)11-13-10-16(21)20-6-8-23-17(20)18-13/h3-4,6,8-10H,2,5,7,11H2,1H3. The van der Waals surface area contributed by atoms with Crippen molar-refractivity contribution in [3.63, 3.8) is 0 Å². The molecule has 118 valence electrons. The first-order valence-corrected chi connectivity index (χ1v) is 9.51. The van der Waals surface area contributed by atoms with Crippen LogP contribution < -0.4 is 10.5 Å². The lowest BCUT2D eigenvalue weighted by Gasteiger charge is -2.24. The number of thioether (sulfide) groups is 1. The molecule has 1 aromatic carbocycles. The van der Waals surface area contributed by atoms with Crippen LogP contribution in [0.2, 0.25) is 0 Å². The van der Waals surface area contributed by atoms with Crippen LogP contribution in [0.5, 0.6) is 0 Å². The molecule has 3 heterocycles. The maximum atomic E-state index is 12.2. The molecule has 3 aromatic rings. The lowest BCUT2D eigenvalue weighted by Crippen LogP contribution is -2.25. The van der Waals surface area contributed by atoms with Crippen molar-refractivity contribution in [3.8, 4) is 0 Å². The predicted molar refractivity (Wildman–Crippen MR) is 96.9 cm³/mol. The van der Waals surface area contributed by atoms with Crippen molar-refractivity contribution in [3.05, 3.63) is 57.5 Å². The van der Waals surface area contributed by atoms with Crippen LogP contribution >= 0.6 is 23.1 Å². The smallest absolute Gasteiger partial charge is 0.258 e. The molecule has 0 spiro atoms. The molecule has 0 saturated carbocycles. The predicted octanol–water partition coefficient (Wildman–Crippen LogP) is 3.57. The van der Waals surface area contributed by atoms with E-state index in [2.05, 4.69) is 35.0 Å². The maximum absolute atomic E-state index is 12.2. The SMILES string of the molecule is Cc1ccc2c(c1)SCCCN2Cc1cc(=O)n2ccsc2n1. The quantitative estimate of drug-likeness (QED) is 0.713. The zero-order chi connectivity index (χ0) is 15.8. The Kier molecular flexibility index (Phi) is 3.87. The molecule has 0 bridgehead atoms. The molecule has 23 heavy (non-hydrogen) atoms. The third kappa shape index (κ3) is 2.88. The number of aryl methyl sites for hydroxylation is 1. The van der Waals surface area contributed by atoms with Crippen molar-refractivity contribution in [2.45, 2.75) is 24.8 Å². The van der Waals surface area contributed by atoms with Crippen molar-refractivity contribution in [1.29, 1.82) is 0 Å². The summed E-state index contributed by atoms with van der Waals surface area (Å²) in [6, 6.07) is 8.26. The van der Waals surface area contributed by atoms with Gasteiger partial charge >= 0.3 is 0 Å². The van der Waals surface area contributed by atoms with Crippen LogP contribution in [0.3, 0.4) is 0 Å². The Morgan fingerprint density at radius 1 is 1.30 bits per heavy atom. The second kappa shape index (κ2) is 6.02. The van der Waals surface area contributed by atoms with Gasteiger partial charge in [0.15, 0.2) is 4.96 Å². The highest BCUT2D eigenvalue weighted by atomic mass is 32.2. The monoisotopic (exact) mass is 343 g/mol. The van der Waals surface area contributed by atoms with Gasteiger partial charge in [-0.1, -0.05) is 6.07 Å². The largest absolute Gasteiger partial charge is 0.365 e. The summed E-state index contributed by atoms with van der Waals surface area (Å²) in [5.74, 6) is 1.13. The van der Waals surface area contributed by atoms with Crippen molar-refractivity contribution < 1.29 is 0 Å². The van der Waals surface area contributed by atoms with E-state index in [1.807, 2.05) is 17.1 Å². The van der Waals surface area contributed by atoms with E-state index in [4.69, 9.17) is 0 Å². The van der Waals surface area contributed by atoms with Crippen LogP contribution in [-0.2, 0) is 6.54 Å². The third-order valence-electron chi connectivity index (χ3n) is 4.00. The van der Waals surface area contributed by atoms with Crippen molar-refractivity contribution in [1.82, 2.24) is 9.38 Å². The molecule has 0 amide bonds. The fourth-order valence-corrected chi connectivity index (χ4v) is 4.73. The molecular formula is C17H17N3OS2. The Balaban J connectivity index is 1.71. The first kappa shape index (κ1) is 14.8. The van der Waals surface area contributed by atoms with Gasteiger partial charge in [-0.15, -0.1) is 23.1 Å². The average molecular weight is 343 g/mol. The van der Waals surface area contributed by atoms with Gasteiger partial charge in [0.2, 0.25) is 0 Å². The number of aromatic nitrogens is 2. The number of benzene rings is 1. The van der Waals surface area contributed by atoms with E-state index in [0.717, 1.165) is 29.4 Å². The van der Waals surface area contributed by atoms with Gasteiger partial charge in [-0.25, -0.2) is 4.98 Å². The molecule has 1 aliphatic rings. The number of rotatable bonds is 2. The van der Waals surface area contributed by atoms with E-state index in [1.165, 1.54) is 27.5 Å². The minimum absolute atomic E-state index is 0.000392. The molecule has 4 nitrogen and oxygen atoms in total. The van der Waals surface area contributed by atoms with Gasteiger partial charge in [0.05, 0.1) is 17.9 Å². The van der Waals surface area contributed by atoms with E-state index >= 15 is 0 Å². The van der Waals surface area contributed by atoms with Crippen molar-refractivity contribution >= 4 is 33.7 Å². The van der Waals surface area contributed by atoms with Crippen molar-refractivity contribution in [2.24, 2.45) is 0 Å². The van der Waals surface area contributed by atoms with Crippen LogP contribution in [0.15, 0.2) is 45.5 Å². The summed E-state index contributed by atoms with van der Waals surface area (Å²) in [5, 5.41) is 1.90. The zero-order valence-corrected chi connectivity index (χ0v) is 14.5. The van der Waals surface area contributed by atoms with Crippen molar-refractivity contribution in [2.75, 3.05) is 17.2 Å². The maximum Gasteiger partial charge on any atom is 0.258 e. The minimum atomic E-state index is -0.000392. The molecule has 2 aromatic heterocycles. The Labute approximate surface area is 142 Å². The molecule has 0 radical (unpaired) electrons. The highest BCUT2D eigenvalue weighted by molar-refractivity contribution is 7.99. The van der Waals surface area contributed by atoms with Crippen LogP contribution in [0.1, 0.15) is 17.7 Å². The number of hydrogen-bond acceptors (Lipinski definition) is 5. The second-order valence-corrected chi connectivity index (χ2v) is 7.75. The molecular weight excluding hydrogens is 326 g/mol. The summed E-state index contributed by atoms with van der Waals surface area (Å²) in [6.07, 6.45) is 2.92. The summed E-state index contributed by atoms with van der Waals surface area (Å²) >= 11 is 3.42. The van der Waals surface area contributed by atoms with Gasteiger partial charge in [0.1, 0.15) is 0 Å². The normalized spacial score (nSPS) is 14.7. The number of thiazole rings is 1. The average Bonchev–Trinajstić information content (AvgIpc) is 2.91. The molecule has 1 aliphatic heterocycles. The van der Waals surface area contributed by atoms with E-state index in [-0.39, 0.29) is 5.56 Å². The Bertz CT molecular complexity index is 916. The fraction of sp³-hybridized carbons (Fsp3) is 0.294. The van der Waals surface area contributed by atoms with E-state index in [9.17, 15) is 4.79 Å². The Hall–Kier alpha value is -1.79. The number of hydrogen-bond donors (Lipinski definition) is 0. The fourth-order valence-electron chi connectivity index (χ4n) is 2.88. The van der Waals surface area contributed by atoms with E-state index < -0.39 is 0 Å². The molecule has 0 fully saturated rings. The molecule has 0 aliphatic carbocycles. The van der Waals surface area contributed by atoms with Gasteiger partial charge in [-0.3, -0.25) is 9.20 Å². The molecule has 4 rings (SSSR count). The first-order valence-electron chi connectivity index (χ1n) is 7.65. The molecule has 0 N–H and O–H groups in total. The topological polar surface area (TPSA) is 37.6 Å². The van der Waals surface area contributed by atoms with Gasteiger partial charge < -0.3 is 4.90 Å². The van der Waals surface area contributed by atoms with Gasteiger partial charge in [0.25, 0.3) is 5.56 Å². The lowest BCUT2D eigenvalue weighted by atomic mass is 10.2. The summed E-state index contributed by atoms with van der Waals surface area (Å²) in [6.45, 7) is 3.80. The van der Waals surface area contributed by atoms with Crippen LogP contribution in [0.4, 0.5) is 5.69 Å². The molecule has 0 atom stereocenters. The Morgan fingerprint density at radius 3 is 3.13 bits per heavy atom. The van der Waals surface area contributed by atoms with Gasteiger partial charge in [-0.05, 0) is 36.8 Å².